The molecule has 5 nitrogen and oxygen atoms in total. The molecule has 0 unspecified atom stereocenters. The second-order valence-electron chi connectivity index (χ2n) is 7.20. The van der Waals surface area contributed by atoms with Crippen LogP contribution in [-0.2, 0) is 13.2 Å². The zero-order valence-corrected chi connectivity index (χ0v) is 15.7. The van der Waals surface area contributed by atoms with Gasteiger partial charge in [-0.25, -0.2) is 0 Å². The molecule has 1 aromatic carbocycles. The van der Waals surface area contributed by atoms with Gasteiger partial charge in [0.05, 0.1) is 5.52 Å². The summed E-state index contributed by atoms with van der Waals surface area (Å²) in [5.74, 6) is 2.98. The summed E-state index contributed by atoms with van der Waals surface area (Å²) >= 11 is 0. The van der Waals surface area contributed by atoms with Crippen molar-refractivity contribution in [1.82, 2.24) is 9.55 Å². The quantitative estimate of drug-likeness (QED) is 0.672. The summed E-state index contributed by atoms with van der Waals surface area (Å²) in [6.07, 6.45) is 1.82. The fourth-order valence-electron chi connectivity index (χ4n) is 3.41. The second kappa shape index (κ2) is 6.56. The van der Waals surface area contributed by atoms with Crippen LogP contribution in [0.3, 0.4) is 0 Å². The first-order valence-corrected chi connectivity index (χ1v) is 9.00. The summed E-state index contributed by atoms with van der Waals surface area (Å²) in [5.41, 5.74) is 5.62. The number of hydrogen-bond donors (Lipinski definition) is 0. The monoisotopic (exact) mass is 352 g/mol. The maximum atomic E-state index is 6.20. The lowest BCUT2D eigenvalue weighted by molar-refractivity contribution is 0.174. The van der Waals surface area contributed by atoms with Crippen molar-refractivity contribution in [3.05, 3.63) is 47.3 Å². The van der Waals surface area contributed by atoms with E-state index in [-0.39, 0.29) is 6.79 Å². The number of nitrogens with zero attached hydrogens (tertiary/aromatic N) is 2. The third-order valence-electron chi connectivity index (χ3n) is 4.84. The van der Waals surface area contributed by atoms with Gasteiger partial charge in [0.15, 0.2) is 11.5 Å². The van der Waals surface area contributed by atoms with Crippen molar-refractivity contribution < 1.29 is 14.2 Å². The maximum absolute atomic E-state index is 6.20. The van der Waals surface area contributed by atoms with E-state index < -0.39 is 0 Å². The molecule has 2 aromatic heterocycles. The Morgan fingerprint density at radius 2 is 1.96 bits per heavy atom. The lowest BCUT2D eigenvalue weighted by Gasteiger charge is -2.14. The van der Waals surface area contributed by atoms with Crippen molar-refractivity contribution in [1.29, 1.82) is 0 Å². The molecule has 136 valence electrons. The molecule has 1 aliphatic rings. The van der Waals surface area contributed by atoms with Crippen molar-refractivity contribution >= 4 is 11.0 Å². The van der Waals surface area contributed by atoms with Crippen molar-refractivity contribution in [3.8, 4) is 17.2 Å². The largest absolute Gasteiger partial charge is 0.487 e. The molecular formula is C21H24N2O3. The van der Waals surface area contributed by atoms with E-state index in [1.165, 1.54) is 11.3 Å². The van der Waals surface area contributed by atoms with Gasteiger partial charge in [-0.15, -0.1) is 0 Å². The number of pyridine rings is 1. The molecule has 3 heterocycles. The van der Waals surface area contributed by atoms with E-state index in [1.807, 2.05) is 30.5 Å². The fraction of sp³-hybridized carbons (Fsp3) is 0.381. The summed E-state index contributed by atoms with van der Waals surface area (Å²) in [5, 5.41) is 0. The average Bonchev–Trinajstić information content (AvgIpc) is 3.18. The van der Waals surface area contributed by atoms with E-state index in [9.17, 15) is 0 Å². The standard InChI is InChI=1S/C21H24N2O3/c1-13(2)10-23-15(4)14(3)20-21(23)18(7-8-22-20)24-11-16-5-6-17-19(9-16)26-12-25-17/h5-9,13H,10-12H2,1-4H3. The van der Waals surface area contributed by atoms with Gasteiger partial charge in [-0.1, -0.05) is 19.9 Å². The number of aryl methyl sites for hydroxylation is 1. The van der Waals surface area contributed by atoms with Gasteiger partial charge in [-0.05, 0) is 43.0 Å². The van der Waals surface area contributed by atoms with E-state index in [2.05, 4.69) is 37.2 Å². The molecular weight excluding hydrogens is 328 g/mol. The van der Waals surface area contributed by atoms with Crippen LogP contribution in [-0.4, -0.2) is 16.3 Å². The minimum atomic E-state index is 0.284. The minimum absolute atomic E-state index is 0.284. The van der Waals surface area contributed by atoms with Crippen molar-refractivity contribution in [2.24, 2.45) is 5.92 Å². The molecule has 5 heteroatoms. The number of hydrogen-bond acceptors (Lipinski definition) is 4. The van der Waals surface area contributed by atoms with E-state index in [4.69, 9.17) is 14.2 Å². The highest BCUT2D eigenvalue weighted by Gasteiger charge is 2.18. The highest BCUT2D eigenvalue weighted by atomic mass is 16.7. The zero-order chi connectivity index (χ0) is 18.3. The third-order valence-corrected chi connectivity index (χ3v) is 4.84. The fourth-order valence-corrected chi connectivity index (χ4v) is 3.41. The van der Waals surface area contributed by atoms with Crippen LogP contribution in [0, 0.1) is 19.8 Å². The van der Waals surface area contributed by atoms with Crippen LogP contribution in [0.15, 0.2) is 30.5 Å². The molecule has 3 aromatic rings. The molecule has 0 amide bonds. The molecule has 0 aliphatic carbocycles. The van der Waals surface area contributed by atoms with Crippen LogP contribution in [0.4, 0.5) is 0 Å². The molecule has 4 rings (SSSR count). The van der Waals surface area contributed by atoms with Gasteiger partial charge < -0.3 is 18.8 Å². The van der Waals surface area contributed by atoms with Crippen LogP contribution in [0.1, 0.15) is 30.7 Å². The first kappa shape index (κ1) is 16.8. The van der Waals surface area contributed by atoms with Gasteiger partial charge in [-0.2, -0.15) is 0 Å². The lowest BCUT2D eigenvalue weighted by atomic mass is 10.2. The van der Waals surface area contributed by atoms with Crippen molar-refractivity contribution in [2.75, 3.05) is 6.79 Å². The van der Waals surface area contributed by atoms with E-state index in [0.717, 1.165) is 40.4 Å². The molecule has 0 saturated carbocycles. The first-order chi connectivity index (χ1) is 12.5. The molecule has 26 heavy (non-hydrogen) atoms. The average molecular weight is 352 g/mol. The van der Waals surface area contributed by atoms with Gasteiger partial charge in [0.25, 0.3) is 0 Å². The second-order valence-corrected chi connectivity index (χ2v) is 7.20. The Hall–Kier alpha value is -2.69. The van der Waals surface area contributed by atoms with Crippen LogP contribution >= 0.6 is 0 Å². The minimum Gasteiger partial charge on any atom is -0.487 e. The SMILES string of the molecule is Cc1c(C)n(CC(C)C)c2c(OCc3ccc4c(c3)OCO4)ccnc12. The van der Waals surface area contributed by atoms with Gasteiger partial charge in [0.2, 0.25) is 6.79 Å². The predicted octanol–water partition coefficient (Wildman–Crippen LogP) is 4.62. The molecule has 0 spiro atoms. The summed E-state index contributed by atoms with van der Waals surface area (Å²) in [7, 11) is 0. The normalized spacial score (nSPS) is 13.0. The Balaban J connectivity index is 1.67. The number of aromatic nitrogens is 2. The van der Waals surface area contributed by atoms with E-state index in [0.29, 0.717) is 12.5 Å². The Labute approximate surface area is 153 Å². The van der Waals surface area contributed by atoms with Crippen LogP contribution in [0.25, 0.3) is 11.0 Å². The highest BCUT2D eigenvalue weighted by Crippen LogP contribution is 2.34. The molecule has 0 N–H and O–H groups in total. The Morgan fingerprint density at radius 1 is 1.15 bits per heavy atom. The van der Waals surface area contributed by atoms with Crippen LogP contribution < -0.4 is 14.2 Å². The smallest absolute Gasteiger partial charge is 0.231 e. The van der Waals surface area contributed by atoms with Gasteiger partial charge in [0, 0.05) is 24.5 Å². The van der Waals surface area contributed by atoms with Gasteiger partial charge in [-0.3, -0.25) is 4.98 Å². The Bertz CT molecular complexity index is 960. The number of benzene rings is 1. The van der Waals surface area contributed by atoms with Crippen molar-refractivity contribution in [2.45, 2.75) is 40.8 Å². The number of fused-ring (bicyclic) bond motifs is 2. The summed E-state index contributed by atoms with van der Waals surface area (Å²) in [6, 6.07) is 7.86. The molecule has 1 aliphatic heterocycles. The number of ether oxygens (including phenoxy) is 3. The number of rotatable bonds is 5. The molecule has 0 atom stereocenters. The molecule has 0 saturated heterocycles. The van der Waals surface area contributed by atoms with Gasteiger partial charge in [0.1, 0.15) is 17.9 Å². The van der Waals surface area contributed by atoms with Crippen LogP contribution in [0.5, 0.6) is 17.2 Å². The van der Waals surface area contributed by atoms with E-state index >= 15 is 0 Å². The predicted molar refractivity (Wildman–Crippen MR) is 101 cm³/mol. The molecule has 0 bridgehead atoms. The molecule has 0 fully saturated rings. The van der Waals surface area contributed by atoms with Crippen LogP contribution in [0.2, 0.25) is 0 Å². The Kier molecular flexibility index (Phi) is 4.23. The lowest BCUT2D eigenvalue weighted by Crippen LogP contribution is -2.07. The third kappa shape index (κ3) is 2.87. The topological polar surface area (TPSA) is 45.5 Å². The van der Waals surface area contributed by atoms with E-state index in [1.54, 1.807) is 0 Å². The first-order valence-electron chi connectivity index (χ1n) is 9.00. The molecule has 0 radical (unpaired) electrons. The van der Waals surface area contributed by atoms with Gasteiger partial charge >= 0.3 is 0 Å². The summed E-state index contributed by atoms with van der Waals surface area (Å²) in [4.78, 5) is 4.60. The maximum Gasteiger partial charge on any atom is 0.231 e. The summed E-state index contributed by atoms with van der Waals surface area (Å²) in [6.45, 7) is 10.4. The Morgan fingerprint density at radius 3 is 2.77 bits per heavy atom. The summed E-state index contributed by atoms with van der Waals surface area (Å²) < 4.78 is 19.3. The zero-order valence-electron chi connectivity index (χ0n) is 15.7. The van der Waals surface area contributed by atoms with Crippen molar-refractivity contribution in [3.63, 3.8) is 0 Å². The highest BCUT2D eigenvalue weighted by molar-refractivity contribution is 5.86.